The van der Waals surface area contributed by atoms with Gasteiger partial charge < -0.3 is 29.0 Å². The number of hydrogen-bond donors (Lipinski definition) is 1. The molecule has 2 saturated heterocycles. The molecule has 0 bridgehead atoms. The molecule has 1 atom stereocenters. The first-order valence-corrected chi connectivity index (χ1v) is 12.3. The molecule has 37 heavy (non-hydrogen) atoms. The first-order chi connectivity index (χ1) is 17.9. The highest BCUT2D eigenvalue weighted by Crippen LogP contribution is 2.42. The number of methoxy groups -OCH3 is 3. The standard InChI is InChI=1S/C28H34N2O7/c1-18-16-20(7-8-21(18)34-2)26(31)24-25(19-6-9-22(35-3)23(17-19)36-4)30(28(33)27(24)32)11-5-10-29-12-14-37-15-13-29/h6-9,16-17,25,31H,5,10-15H2,1-4H3/b26-24+/t25-/m1/s1. The second-order valence-corrected chi connectivity index (χ2v) is 9.10. The number of morpholine rings is 1. The van der Waals surface area contributed by atoms with Gasteiger partial charge in [0.05, 0.1) is 46.2 Å². The highest BCUT2D eigenvalue weighted by atomic mass is 16.5. The quantitative estimate of drug-likeness (QED) is 0.312. The van der Waals surface area contributed by atoms with Gasteiger partial charge in [-0.3, -0.25) is 14.5 Å². The average Bonchev–Trinajstić information content (AvgIpc) is 3.17. The van der Waals surface area contributed by atoms with E-state index in [2.05, 4.69) is 4.90 Å². The van der Waals surface area contributed by atoms with Crippen LogP contribution in [0.15, 0.2) is 42.0 Å². The number of rotatable bonds is 9. The molecule has 2 heterocycles. The summed E-state index contributed by atoms with van der Waals surface area (Å²) in [6.45, 7) is 6.06. The smallest absolute Gasteiger partial charge is 0.295 e. The zero-order chi connectivity index (χ0) is 26.5. The maximum absolute atomic E-state index is 13.3. The van der Waals surface area contributed by atoms with Crippen LogP contribution in [0.1, 0.15) is 29.2 Å². The topological polar surface area (TPSA) is 97.8 Å². The molecule has 2 aromatic carbocycles. The molecule has 1 amide bonds. The number of aryl methyl sites for hydroxylation is 1. The van der Waals surface area contributed by atoms with E-state index in [9.17, 15) is 14.7 Å². The van der Waals surface area contributed by atoms with Crippen LogP contribution in [-0.2, 0) is 14.3 Å². The number of hydrogen-bond acceptors (Lipinski definition) is 8. The average molecular weight is 511 g/mol. The summed E-state index contributed by atoms with van der Waals surface area (Å²) in [4.78, 5) is 30.5. The maximum Gasteiger partial charge on any atom is 0.295 e. The lowest BCUT2D eigenvalue weighted by molar-refractivity contribution is -0.140. The molecule has 198 valence electrons. The fourth-order valence-corrected chi connectivity index (χ4v) is 4.95. The number of ether oxygens (including phenoxy) is 4. The van der Waals surface area contributed by atoms with Crippen LogP contribution in [0.25, 0.3) is 5.76 Å². The second-order valence-electron chi connectivity index (χ2n) is 9.10. The van der Waals surface area contributed by atoms with Crippen molar-refractivity contribution in [1.29, 1.82) is 0 Å². The van der Waals surface area contributed by atoms with E-state index in [0.29, 0.717) is 54.6 Å². The molecule has 2 aliphatic heterocycles. The Hall–Kier alpha value is -3.56. The van der Waals surface area contributed by atoms with Crippen molar-refractivity contribution in [3.8, 4) is 17.2 Å². The fourth-order valence-electron chi connectivity index (χ4n) is 4.95. The van der Waals surface area contributed by atoms with E-state index in [-0.39, 0.29) is 11.3 Å². The van der Waals surface area contributed by atoms with Crippen molar-refractivity contribution in [2.45, 2.75) is 19.4 Å². The number of benzene rings is 2. The highest BCUT2D eigenvalue weighted by molar-refractivity contribution is 6.46. The Kier molecular flexibility index (Phi) is 8.35. The molecule has 9 nitrogen and oxygen atoms in total. The van der Waals surface area contributed by atoms with Gasteiger partial charge in [0.25, 0.3) is 11.7 Å². The van der Waals surface area contributed by atoms with Gasteiger partial charge in [0, 0.05) is 31.7 Å². The monoisotopic (exact) mass is 510 g/mol. The molecular weight excluding hydrogens is 476 g/mol. The molecule has 0 radical (unpaired) electrons. The Morgan fingerprint density at radius 1 is 0.946 bits per heavy atom. The minimum absolute atomic E-state index is 0.0492. The molecule has 2 fully saturated rings. The van der Waals surface area contributed by atoms with E-state index in [1.165, 1.54) is 7.11 Å². The molecular formula is C28H34N2O7. The highest BCUT2D eigenvalue weighted by Gasteiger charge is 2.46. The van der Waals surface area contributed by atoms with E-state index >= 15 is 0 Å². The van der Waals surface area contributed by atoms with Crippen LogP contribution >= 0.6 is 0 Å². The molecule has 2 aliphatic rings. The zero-order valence-corrected chi connectivity index (χ0v) is 21.8. The van der Waals surface area contributed by atoms with Crippen LogP contribution in [0.4, 0.5) is 0 Å². The van der Waals surface area contributed by atoms with Crippen LogP contribution in [-0.4, -0.2) is 87.3 Å². The van der Waals surface area contributed by atoms with Crippen LogP contribution < -0.4 is 14.2 Å². The third-order valence-corrected chi connectivity index (χ3v) is 6.91. The number of carbonyl (C=O) groups is 2. The van der Waals surface area contributed by atoms with Crippen molar-refractivity contribution in [3.63, 3.8) is 0 Å². The van der Waals surface area contributed by atoms with Crippen LogP contribution in [0, 0.1) is 6.92 Å². The van der Waals surface area contributed by atoms with Gasteiger partial charge in [-0.25, -0.2) is 0 Å². The zero-order valence-electron chi connectivity index (χ0n) is 21.8. The van der Waals surface area contributed by atoms with Crippen molar-refractivity contribution in [1.82, 2.24) is 9.80 Å². The van der Waals surface area contributed by atoms with Gasteiger partial charge in [0.1, 0.15) is 11.5 Å². The van der Waals surface area contributed by atoms with Gasteiger partial charge >= 0.3 is 0 Å². The summed E-state index contributed by atoms with van der Waals surface area (Å²) in [6.07, 6.45) is 0.679. The van der Waals surface area contributed by atoms with Crippen molar-refractivity contribution in [2.24, 2.45) is 0 Å². The molecule has 0 aliphatic carbocycles. The molecule has 0 aromatic heterocycles. The number of likely N-dealkylation sites (tertiary alicyclic amines) is 1. The molecule has 0 unspecified atom stereocenters. The normalized spacial score (nSPS) is 19.8. The Labute approximate surface area is 217 Å². The van der Waals surface area contributed by atoms with Gasteiger partial charge in [0.15, 0.2) is 11.5 Å². The lowest BCUT2D eigenvalue weighted by Crippen LogP contribution is -2.38. The number of ketones is 1. The first kappa shape index (κ1) is 26.5. The van der Waals surface area contributed by atoms with E-state index < -0.39 is 17.7 Å². The van der Waals surface area contributed by atoms with E-state index in [1.54, 1.807) is 55.5 Å². The van der Waals surface area contributed by atoms with E-state index in [0.717, 1.165) is 25.2 Å². The Balaban J connectivity index is 1.74. The number of nitrogens with zero attached hydrogens (tertiary/aromatic N) is 2. The van der Waals surface area contributed by atoms with Crippen molar-refractivity contribution in [2.75, 3.05) is 60.7 Å². The first-order valence-electron chi connectivity index (χ1n) is 12.3. The third-order valence-electron chi connectivity index (χ3n) is 6.91. The van der Waals surface area contributed by atoms with Crippen LogP contribution in [0.2, 0.25) is 0 Å². The Bertz CT molecular complexity index is 1190. The predicted molar refractivity (Wildman–Crippen MR) is 138 cm³/mol. The second kappa shape index (κ2) is 11.7. The van der Waals surface area contributed by atoms with Gasteiger partial charge in [-0.2, -0.15) is 0 Å². The summed E-state index contributed by atoms with van der Waals surface area (Å²) in [6, 6.07) is 9.65. The Morgan fingerprint density at radius 3 is 2.27 bits per heavy atom. The van der Waals surface area contributed by atoms with Gasteiger partial charge in [-0.1, -0.05) is 6.07 Å². The van der Waals surface area contributed by atoms with E-state index in [1.807, 2.05) is 6.92 Å². The lowest BCUT2D eigenvalue weighted by Gasteiger charge is -2.29. The van der Waals surface area contributed by atoms with Crippen molar-refractivity contribution in [3.05, 3.63) is 58.7 Å². The van der Waals surface area contributed by atoms with Crippen molar-refractivity contribution < 1.29 is 33.6 Å². The Morgan fingerprint density at radius 2 is 1.62 bits per heavy atom. The summed E-state index contributed by atoms with van der Waals surface area (Å²) >= 11 is 0. The van der Waals surface area contributed by atoms with Crippen molar-refractivity contribution >= 4 is 17.4 Å². The van der Waals surface area contributed by atoms with Gasteiger partial charge in [-0.05, 0) is 54.8 Å². The summed E-state index contributed by atoms with van der Waals surface area (Å²) < 4.78 is 21.6. The predicted octanol–water partition coefficient (Wildman–Crippen LogP) is 3.16. The molecule has 4 rings (SSSR count). The molecule has 2 aromatic rings. The summed E-state index contributed by atoms with van der Waals surface area (Å²) in [5, 5.41) is 11.4. The summed E-state index contributed by atoms with van der Waals surface area (Å²) in [5.41, 5.74) is 1.94. The van der Waals surface area contributed by atoms with Crippen LogP contribution in [0.3, 0.4) is 0 Å². The minimum atomic E-state index is -0.771. The van der Waals surface area contributed by atoms with Crippen LogP contribution in [0.5, 0.6) is 17.2 Å². The maximum atomic E-state index is 13.3. The lowest BCUT2D eigenvalue weighted by atomic mass is 9.94. The molecule has 0 spiro atoms. The molecule has 1 N–H and O–H groups in total. The molecule has 0 saturated carbocycles. The fraction of sp³-hybridized carbons (Fsp3) is 0.429. The minimum Gasteiger partial charge on any atom is -0.507 e. The molecule has 9 heteroatoms. The SMILES string of the molecule is COc1ccc(/C(O)=C2\C(=O)C(=O)N(CCCN3CCOCC3)[C@@H]2c2ccc(OC)c(OC)c2)cc1C. The van der Waals surface area contributed by atoms with Gasteiger partial charge in [-0.15, -0.1) is 0 Å². The third kappa shape index (κ3) is 5.42. The van der Waals surface area contributed by atoms with E-state index in [4.69, 9.17) is 18.9 Å². The number of amides is 1. The summed E-state index contributed by atoms with van der Waals surface area (Å²) in [5.74, 6) is 0.0993. The largest absolute Gasteiger partial charge is 0.507 e. The number of aliphatic hydroxyl groups excluding tert-OH is 1. The number of carbonyl (C=O) groups excluding carboxylic acids is 2. The van der Waals surface area contributed by atoms with Gasteiger partial charge in [0.2, 0.25) is 0 Å². The number of Topliss-reactive ketones (excluding diaryl/α,β-unsaturated/α-hetero) is 1. The summed E-state index contributed by atoms with van der Waals surface area (Å²) in [7, 11) is 4.64. The number of aliphatic hydroxyl groups is 1.